The third kappa shape index (κ3) is 2.47. The van der Waals surface area contributed by atoms with Gasteiger partial charge in [-0.3, -0.25) is 0 Å². The molecule has 2 heterocycles. The summed E-state index contributed by atoms with van der Waals surface area (Å²) in [5.74, 6) is 0.383. The first-order valence-corrected chi connectivity index (χ1v) is 7.37. The topological polar surface area (TPSA) is 116 Å². The van der Waals surface area contributed by atoms with Crippen molar-refractivity contribution in [3.05, 3.63) is 17.3 Å². The zero-order chi connectivity index (χ0) is 14.2. The van der Waals surface area contributed by atoms with E-state index in [0.29, 0.717) is 0 Å². The van der Waals surface area contributed by atoms with Gasteiger partial charge in [-0.05, 0) is 12.1 Å². The second-order valence-corrected chi connectivity index (χ2v) is 6.05. The fourth-order valence-corrected chi connectivity index (χ4v) is 2.60. The highest BCUT2D eigenvalue weighted by molar-refractivity contribution is 7.91. The van der Waals surface area contributed by atoms with Gasteiger partial charge in [0, 0.05) is 13.3 Å². The van der Waals surface area contributed by atoms with Crippen molar-refractivity contribution >= 4 is 33.1 Å². The van der Waals surface area contributed by atoms with Gasteiger partial charge in [-0.1, -0.05) is 11.6 Å². The molecule has 0 fully saturated rings. The predicted octanol–water partition coefficient (Wildman–Crippen LogP) is 0.343. The molecule has 2 aromatic heterocycles. The van der Waals surface area contributed by atoms with Crippen LogP contribution >= 0.6 is 11.6 Å². The van der Waals surface area contributed by atoms with Crippen LogP contribution in [0.2, 0.25) is 5.15 Å². The second kappa shape index (κ2) is 4.67. The number of anilines is 2. The molecule has 8 nitrogen and oxygen atoms in total. The first kappa shape index (κ1) is 13.6. The largest absolute Gasteiger partial charge is 0.382 e. The van der Waals surface area contributed by atoms with Crippen molar-refractivity contribution in [1.82, 2.24) is 20.0 Å². The molecule has 0 aliphatic carbocycles. The van der Waals surface area contributed by atoms with Crippen LogP contribution in [0.5, 0.6) is 0 Å². The van der Waals surface area contributed by atoms with Crippen molar-refractivity contribution < 1.29 is 8.42 Å². The van der Waals surface area contributed by atoms with E-state index in [9.17, 15) is 8.42 Å². The molecule has 0 saturated heterocycles. The van der Waals surface area contributed by atoms with Crippen molar-refractivity contribution in [3.63, 3.8) is 0 Å². The van der Waals surface area contributed by atoms with Crippen LogP contribution in [-0.4, -0.2) is 41.7 Å². The Kier molecular flexibility index (Phi) is 3.33. The minimum atomic E-state index is -3.52. The van der Waals surface area contributed by atoms with E-state index in [4.69, 9.17) is 17.3 Å². The van der Waals surface area contributed by atoms with E-state index in [1.54, 1.807) is 7.05 Å². The SMILES string of the molecule is CNc1nn(-c2ccc(Cl)nn2)c(N)c1S(C)(=O)=O. The maximum atomic E-state index is 11.7. The van der Waals surface area contributed by atoms with Gasteiger partial charge in [0.2, 0.25) is 0 Å². The third-order valence-corrected chi connectivity index (χ3v) is 3.66. The summed E-state index contributed by atoms with van der Waals surface area (Å²) in [5, 5.41) is 14.4. The van der Waals surface area contributed by atoms with Gasteiger partial charge in [0.1, 0.15) is 5.82 Å². The average molecular weight is 303 g/mol. The highest BCUT2D eigenvalue weighted by Gasteiger charge is 2.24. The Morgan fingerprint density at radius 1 is 1.37 bits per heavy atom. The molecular weight excluding hydrogens is 292 g/mol. The Morgan fingerprint density at radius 2 is 2.05 bits per heavy atom. The van der Waals surface area contributed by atoms with Crippen molar-refractivity contribution in [2.24, 2.45) is 0 Å². The molecule has 102 valence electrons. The maximum Gasteiger partial charge on any atom is 0.182 e. The molecule has 10 heteroatoms. The lowest BCUT2D eigenvalue weighted by molar-refractivity contribution is 0.602. The lowest BCUT2D eigenvalue weighted by Crippen LogP contribution is -2.07. The van der Waals surface area contributed by atoms with Crippen molar-refractivity contribution in [2.75, 3.05) is 24.4 Å². The molecule has 2 aromatic rings. The fourth-order valence-electron chi connectivity index (χ4n) is 1.54. The lowest BCUT2D eigenvalue weighted by atomic mass is 10.5. The van der Waals surface area contributed by atoms with Crippen LogP contribution in [0, 0.1) is 0 Å². The summed E-state index contributed by atoms with van der Waals surface area (Å²) in [4.78, 5) is -0.0771. The number of nitrogen functional groups attached to an aromatic ring is 1. The Balaban J connectivity index is 2.67. The van der Waals surface area contributed by atoms with Crippen molar-refractivity contribution in [2.45, 2.75) is 4.90 Å². The molecule has 3 N–H and O–H groups in total. The molecule has 2 rings (SSSR count). The van der Waals surface area contributed by atoms with Gasteiger partial charge < -0.3 is 11.1 Å². The molecule has 0 unspecified atom stereocenters. The lowest BCUT2D eigenvalue weighted by Gasteiger charge is -2.02. The predicted molar refractivity (Wildman–Crippen MR) is 71.2 cm³/mol. The van der Waals surface area contributed by atoms with Crippen LogP contribution in [0.4, 0.5) is 11.6 Å². The number of nitrogens with one attached hydrogen (secondary N) is 1. The monoisotopic (exact) mass is 302 g/mol. The number of aromatic nitrogens is 4. The Hall–Kier alpha value is -1.87. The van der Waals surface area contributed by atoms with Crippen LogP contribution in [0.3, 0.4) is 0 Å². The number of nitrogens with zero attached hydrogens (tertiary/aromatic N) is 4. The number of hydrogen-bond donors (Lipinski definition) is 2. The summed E-state index contributed by atoms with van der Waals surface area (Å²) in [6.45, 7) is 0. The van der Waals surface area contributed by atoms with Crippen LogP contribution in [0.25, 0.3) is 5.82 Å². The van der Waals surface area contributed by atoms with Gasteiger partial charge in [0.25, 0.3) is 0 Å². The van der Waals surface area contributed by atoms with Crippen LogP contribution in [0.15, 0.2) is 17.0 Å². The number of rotatable bonds is 3. The number of hydrogen-bond acceptors (Lipinski definition) is 7. The van der Waals surface area contributed by atoms with Crippen molar-refractivity contribution in [1.29, 1.82) is 0 Å². The van der Waals surface area contributed by atoms with Gasteiger partial charge in [0.15, 0.2) is 31.5 Å². The smallest absolute Gasteiger partial charge is 0.182 e. The van der Waals surface area contributed by atoms with Gasteiger partial charge in [-0.2, -0.15) is 4.68 Å². The number of nitrogens with two attached hydrogens (primary N) is 1. The minimum Gasteiger partial charge on any atom is -0.382 e. The molecule has 0 spiro atoms. The molecule has 0 bridgehead atoms. The first-order chi connectivity index (χ1) is 8.84. The highest BCUT2D eigenvalue weighted by Crippen LogP contribution is 2.28. The highest BCUT2D eigenvalue weighted by atomic mass is 35.5. The zero-order valence-electron chi connectivity index (χ0n) is 10.1. The normalized spacial score (nSPS) is 11.5. The fraction of sp³-hybridized carbons (Fsp3) is 0.222. The Labute approximate surface area is 114 Å². The summed E-state index contributed by atoms with van der Waals surface area (Å²) >= 11 is 5.63. The Bertz CT molecular complexity index is 709. The molecular formula is C9H11ClN6O2S. The third-order valence-electron chi connectivity index (χ3n) is 2.32. The molecule has 0 aliphatic heterocycles. The van der Waals surface area contributed by atoms with Gasteiger partial charge in [-0.25, -0.2) is 8.42 Å². The van der Waals surface area contributed by atoms with Crippen LogP contribution < -0.4 is 11.1 Å². The molecule has 0 amide bonds. The molecule has 0 saturated carbocycles. The number of sulfone groups is 1. The second-order valence-electron chi connectivity index (χ2n) is 3.71. The van der Waals surface area contributed by atoms with E-state index >= 15 is 0 Å². The van der Waals surface area contributed by atoms with Crippen LogP contribution in [-0.2, 0) is 9.84 Å². The van der Waals surface area contributed by atoms with Gasteiger partial charge in [0.05, 0.1) is 0 Å². The van der Waals surface area contributed by atoms with E-state index in [1.165, 1.54) is 16.8 Å². The summed E-state index contributed by atoms with van der Waals surface area (Å²) < 4.78 is 24.6. The molecule has 0 atom stereocenters. The van der Waals surface area contributed by atoms with E-state index in [2.05, 4.69) is 20.6 Å². The Morgan fingerprint density at radius 3 is 2.47 bits per heavy atom. The quantitative estimate of drug-likeness (QED) is 0.840. The van der Waals surface area contributed by atoms with Crippen LogP contribution in [0.1, 0.15) is 0 Å². The molecule has 0 aromatic carbocycles. The first-order valence-electron chi connectivity index (χ1n) is 5.10. The van der Waals surface area contributed by atoms with E-state index < -0.39 is 9.84 Å². The summed E-state index contributed by atoms with van der Waals surface area (Å²) in [6.07, 6.45) is 1.05. The van der Waals surface area contributed by atoms with E-state index in [0.717, 1.165) is 6.26 Å². The summed E-state index contributed by atoms with van der Waals surface area (Å²) in [6, 6.07) is 3.04. The molecule has 19 heavy (non-hydrogen) atoms. The van der Waals surface area contributed by atoms with E-state index in [-0.39, 0.29) is 27.5 Å². The average Bonchev–Trinajstić information content (AvgIpc) is 2.67. The molecule has 0 aliphatic rings. The molecule has 0 radical (unpaired) electrons. The minimum absolute atomic E-state index is 0.0385. The summed E-state index contributed by atoms with van der Waals surface area (Å²) in [5.41, 5.74) is 5.82. The van der Waals surface area contributed by atoms with Gasteiger partial charge >= 0.3 is 0 Å². The standard InChI is InChI=1S/C9H11ClN6O2S/c1-12-9-7(19(2,17)18)8(11)16(15-9)6-4-3-5(10)13-14-6/h3-4H,11H2,1-2H3,(H,12,15). The van der Waals surface area contributed by atoms with Gasteiger partial charge in [-0.15, -0.1) is 15.3 Å². The van der Waals surface area contributed by atoms with Crippen molar-refractivity contribution in [3.8, 4) is 5.82 Å². The number of halogens is 1. The maximum absolute atomic E-state index is 11.7. The summed E-state index contributed by atoms with van der Waals surface area (Å²) in [7, 11) is -1.97. The zero-order valence-corrected chi connectivity index (χ0v) is 11.7. The van der Waals surface area contributed by atoms with E-state index in [1.807, 2.05) is 0 Å².